The van der Waals surface area contributed by atoms with Crippen LogP contribution in [0.5, 0.6) is 0 Å². The van der Waals surface area contributed by atoms with Crippen LogP contribution in [0.25, 0.3) is 0 Å². The van der Waals surface area contributed by atoms with E-state index in [2.05, 4.69) is 13.8 Å². The fourth-order valence-corrected chi connectivity index (χ4v) is 7.44. The maximum absolute atomic E-state index is 13.0. The van der Waals surface area contributed by atoms with Gasteiger partial charge < -0.3 is 19.7 Å². The number of ketones is 2. The van der Waals surface area contributed by atoms with Crippen molar-refractivity contribution < 1.29 is 29.3 Å². The molecule has 0 aromatic rings. The van der Waals surface area contributed by atoms with Crippen LogP contribution in [-0.4, -0.2) is 53.5 Å². The molecule has 0 bridgehead atoms. The number of hydrogen-bond acceptors (Lipinski definition) is 6. The smallest absolute Gasteiger partial charge is 0.190 e. The van der Waals surface area contributed by atoms with E-state index in [1.165, 1.54) is 0 Å². The minimum Gasteiger partial charge on any atom is -0.393 e. The van der Waals surface area contributed by atoms with E-state index < -0.39 is 23.7 Å². The molecule has 0 spiro atoms. The minimum atomic E-state index is -1.14. The van der Waals surface area contributed by atoms with E-state index in [1.54, 1.807) is 12.2 Å². The molecule has 0 aromatic heterocycles. The van der Waals surface area contributed by atoms with Crippen molar-refractivity contribution >= 4 is 11.6 Å². The molecule has 0 aliphatic heterocycles. The van der Waals surface area contributed by atoms with Crippen LogP contribution in [0.3, 0.4) is 0 Å². The number of fused-ring (bicyclic) bond motifs is 5. The number of carbonyl (C=O) groups is 2. The van der Waals surface area contributed by atoms with Gasteiger partial charge >= 0.3 is 0 Å². The standard InChI is InChI=1S/C24H34O6/c1-4-29-14-30-24(20(28)13-25)10-8-18-17-6-5-15-11-16(26)7-9-22(15,2)21(17)19(27)12-23(18,24)3/h7,9,11,17-19,21,25,27H,4-6,8,10,12-14H2,1-3H3/t17-,18-,19?,21+,22-,23-,24-/m0/s1. The van der Waals surface area contributed by atoms with Crippen LogP contribution in [-0.2, 0) is 19.1 Å². The van der Waals surface area contributed by atoms with E-state index in [4.69, 9.17) is 9.47 Å². The molecule has 0 saturated heterocycles. The third-order valence-corrected chi connectivity index (χ3v) is 8.80. The molecule has 3 saturated carbocycles. The van der Waals surface area contributed by atoms with Crippen molar-refractivity contribution in [3.63, 3.8) is 0 Å². The number of aliphatic hydroxyl groups excluding tert-OH is 2. The second-order valence-corrected chi connectivity index (χ2v) is 9.91. The molecule has 166 valence electrons. The Morgan fingerprint density at radius 3 is 2.77 bits per heavy atom. The van der Waals surface area contributed by atoms with E-state index >= 15 is 0 Å². The number of carbonyl (C=O) groups excluding carboxylic acids is 2. The van der Waals surface area contributed by atoms with Gasteiger partial charge in [0.1, 0.15) is 19.0 Å². The van der Waals surface area contributed by atoms with Crippen molar-refractivity contribution in [2.75, 3.05) is 20.0 Å². The molecule has 2 N–H and O–H groups in total. The Labute approximate surface area is 178 Å². The molecule has 0 heterocycles. The Morgan fingerprint density at radius 2 is 2.07 bits per heavy atom. The van der Waals surface area contributed by atoms with Crippen LogP contribution in [0.15, 0.2) is 23.8 Å². The first kappa shape index (κ1) is 21.9. The highest BCUT2D eigenvalue weighted by molar-refractivity contribution is 6.01. The first-order valence-electron chi connectivity index (χ1n) is 11.2. The number of hydrogen-bond donors (Lipinski definition) is 2. The van der Waals surface area contributed by atoms with Gasteiger partial charge in [-0.2, -0.15) is 0 Å². The van der Waals surface area contributed by atoms with Gasteiger partial charge in [0.15, 0.2) is 11.6 Å². The molecule has 7 atom stereocenters. The van der Waals surface area contributed by atoms with Crippen molar-refractivity contribution in [2.24, 2.45) is 28.6 Å². The summed E-state index contributed by atoms with van der Waals surface area (Å²) >= 11 is 0. The lowest BCUT2D eigenvalue weighted by Gasteiger charge is -2.60. The average molecular weight is 419 g/mol. The molecule has 4 rings (SSSR count). The van der Waals surface area contributed by atoms with Crippen molar-refractivity contribution in [3.8, 4) is 0 Å². The zero-order valence-corrected chi connectivity index (χ0v) is 18.2. The molecule has 1 unspecified atom stereocenters. The van der Waals surface area contributed by atoms with Gasteiger partial charge in [0.25, 0.3) is 0 Å². The monoisotopic (exact) mass is 418 g/mol. The Morgan fingerprint density at radius 1 is 1.30 bits per heavy atom. The topological polar surface area (TPSA) is 93.1 Å². The zero-order chi connectivity index (χ0) is 21.7. The van der Waals surface area contributed by atoms with E-state index in [0.717, 1.165) is 24.8 Å². The number of rotatable bonds is 6. The molecule has 4 aliphatic rings. The molecule has 0 aromatic carbocycles. The van der Waals surface area contributed by atoms with Crippen LogP contribution in [0.4, 0.5) is 0 Å². The van der Waals surface area contributed by atoms with Gasteiger partial charge in [0.05, 0.1) is 6.10 Å². The normalized spacial score (nSPS) is 44.8. The molecule has 30 heavy (non-hydrogen) atoms. The van der Waals surface area contributed by atoms with Gasteiger partial charge in [0.2, 0.25) is 0 Å². The van der Waals surface area contributed by atoms with Crippen molar-refractivity contribution in [3.05, 3.63) is 23.8 Å². The molecular formula is C24H34O6. The van der Waals surface area contributed by atoms with E-state index in [9.17, 15) is 19.8 Å². The molecule has 6 nitrogen and oxygen atoms in total. The third kappa shape index (κ3) is 2.91. The summed E-state index contributed by atoms with van der Waals surface area (Å²) in [5.41, 5.74) is -0.933. The quantitative estimate of drug-likeness (QED) is 0.509. The Bertz CT molecular complexity index is 787. The highest BCUT2D eigenvalue weighted by Crippen LogP contribution is 2.67. The molecule has 0 radical (unpaired) electrons. The molecular weight excluding hydrogens is 384 g/mol. The van der Waals surface area contributed by atoms with Crippen molar-refractivity contribution in [1.29, 1.82) is 0 Å². The second kappa shape index (κ2) is 7.66. The fourth-order valence-electron chi connectivity index (χ4n) is 7.44. The fraction of sp³-hybridized carbons (Fsp3) is 0.750. The second-order valence-electron chi connectivity index (χ2n) is 9.91. The first-order valence-corrected chi connectivity index (χ1v) is 11.2. The Balaban J connectivity index is 1.71. The summed E-state index contributed by atoms with van der Waals surface area (Å²) in [5.74, 6) is 0.138. The van der Waals surface area contributed by atoms with Crippen LogP contribution in [0.2, 0.25) is 0 Å². The molecule has 6 heteroatoms. The third-order valence-electron chi connectivity index (χ3n) is 8.80. The van der Waals surface area contributed by atoms with Crippen LogP contribution < -0.4 is 0 Å². The molecule has 3 fully saturated rings. The largest absolute Gasteiger partial charge is 0.393 e. The Kier molecular flexibility index (Phi) is 5.59. The number of aliphatic hydroxyl groups is 2. The SMILES string of the molecule is CCOCO[C@]1(C(=O)CO)CC[C@H]2[C@@H]3CCC4=CC(=O)C=C[C@]4(C)[C@H]3C(O)C[C@@]21C. The van der Waals surface area contributed by atoms with Gasteiger partial charge in [-0.25, -0.2) is 0 Å². The van der Waals surface area contributed by atoms with Crippen LogP contribution in [0.1, 0.15) is 52.9 Å². The van der Waals surface area contributed by atoms with E-state index in [-0.39, 0.29) is 41.5 Å². The molecule has 4 aliphatic carbocycles. The Hall–Kier alpha value is -1.34. The number of ether oxygens (including phenoxy) is 2. The maximum atomic E-state index is 13.0. The summed E-state index contributed by atoms with van der Waals surface area (Å²) in [4.78, 5) is 25.0. The zero-order valence-electron chi connectivity index (χ0n) is 18.2. The van der Waals surface area contributed by atoms with Crippen LogP contribution in [0, 0.1) is 28.6 Å². The minimum absolute atomic E-state index is 0.00416. The van der Waals surface area contributed by atoms with Gasteiger partial charge in [-0.05, 0) is 63.0 Å². The lowest BCUT2D eigenvalue weighted by molar-refractivity contribution is -0.217. The first-order chi connectivity index (χ1) is 14.2. The predicted molar refractivity (Wildman–Crippen MR) is 110 cm³/mol. The highest BCUT2D eigenvalue weighted by atomic mass is 16.7. The van der Waals surface area contributed by atoms with Gasteiger partial charge in [-0.3, -0.25) is 9.59 Å². The predicted octanol–water partition coefficient (Wildman–Crippen LogP) is 2.58. The van der Waals surface area contributed by atoms with Gasteiger partial charge in [0, 0.05) is 23.4 Å². The summed E-state index contributed by atoms with van der Waals surface area (Å²) in [6.07, 6.45) is 8.24. The lowest BCUT2D eigenvalue weighted by Crippen LogP contribution is -2.62. The van der Waals surface area contributed by atoms with Gasteiger partial charge in [-0.15, -0.1) is 0 Å². The number of allylic oxidation sites excluding steroid dienone is 4. The summed E-state index contributed by atoms with van der Waals surface area (Å²) in [6, 6.07) is 0. The van der Waals surface area contributed by atoms with Crippen molar-refractivity contribution in [1.82, 2.24) is 0 Å². The van der Waals surface area contributed by atoms with Gasteiger partial charge in [-0.1, -0.05) is 25.5 Å². The number of Topliss-reactive ketones (excluding diaryl/α,β-unsaturated/α-hetero) is 1. The molecule has 0 amide bonds. The summed E-state index contributed by atoms with van der Waals surface area (Å²) in [5, 5.41) is 21.2. The maximum Gasteiger partial charge on any atom is 0.190 e. The average Bonchev–Trinajstić information content (AvgIpc) is 3.00. The summed E-state index contributed by atoms with van der Waals surface area (Å²) in [7, 11) is 0. The van der Waals surface area contributed by atoms with Crippen molar-refractivity contribution in [2.45, 2.75) is 64.6 Å². The summed E-state index contributed by atoms with van der Waals surface area (Å²) < 4.78 is 11.5. The van der Waals surface area contributed by atoms with E-state index in [1.807, 2.05) is 13.0 Å². The highest BCUT2D eigenvalue weighted by Gasteiger charge is 2.69. The summed E-state index contributed by atoms with van der Waals surface area (Å²) in [6.45, 7) is 5.97. The van der Waals surface area contributed by atoms with E-state index in [0.29, 0.717) is 19.4 Å². The van der Waals surface area contributed by atoms with Crippen LogP contribution >= 0.6 is 0 Å². The lowest BCUT2D eigenvalue weighted by atomic mass is 9.46.